The van der Waals surface area contributed by atoms with Crippen molar-refractivity contribution < 1.29 is 97.7 Å². The van der Waals surface area contributed by atoms with Crippen molar-refractivity contribution in [1.29, 1.82) is 0 Å². The van der Waals surface area contributed by atoms with Gasteiger partial charge in [-0.1, -0.05) is 0 Å². The van der Waals surface area contributed by atoms with Gasteiger partial charge in [-0.05, 0) is 0 Å². The maximum absolute atomic E-state index is 15.4. The second kappa shape index (κ2) is 12.6. The number of benzene rings is 4. The Morgan fingerprint density at radius 3 is 0.860 bits per heavy atom. The molecule has 0 saturated heterocycles. The monoisotopic (exact) mass is 753 g/mol. The molecule has 0 amide bonds. The molecular formula is C27H3F20NO2. The number of hydrogen-bond acceptors (Lipinski definition) is 2. The summed E-state index contributed by atoms with van der Waals surface area (Å²) in [5.74, 6) is -72.3. The Morgan fingerprint density at radius 1 is 0.380 bits per heavy atom. The molecular weight excluding hydrogens is 750 g/mol. The van der Waals surface area contributed by atoms with Gasteiger partial charge in [0, 0.05) is 12.0 Å². The predicted octanol–water partition coefficient (Wildman–Crippen LogP) is 8.83. The molecule has 0 fully saturated rings. The Bertz CT molecular complexity index is 1970. The molecule has 3 nitrogen and oxygen atoms in total. The van der Waals surface area contributed by atoms with Gasteiger partial charge in [0.2, 0.25) is 23.3 Å². The Labute approximate surface area is 260 Å². The molecule has 0 aromatic heterocycles. The van der Waals surface area contributed by atoms with Crippen molar-refractivity contribution in [2.75, 3.05) is 4.90 Å². The molecule has 1 N–H and O–H groups in total. The first kappa shape index (κ1) is 37.6. The van der Waals surface area contributed by atoms with Crippen molar-refractivity contribution in [1.82, 2.24) is 0 Å². The van der Waals surface area contributed by atoms with Crippen LogP contribution in [0.5, 0.6) is 0 Å². The summed E-state index contributed by atoms with van der Waals surface area (Å²) in [5, 5.41) is 10.2. The van der Waals surface area contributed by atoms with Crippen LogP contribution < -0.4 is 4.90 Å². The Balaban J connectivity index is 2.51. The molecule has 0 aliphatic rings. The van der Waals surface area contributed by atoms with Gasteiger partial charge in [0.1, 0.15) is 11.4 Å². The molecule has 0 heterocycles. The molecule has 0 saturated carbocycles. The van der Waals surface area contributed by atoms with E-state index in [1.54, 1.807) is 0 Å². The van der Waals surface area contributed by atoms with Crippen LogP contribution in [-0.2, 0) is 16.8 Å². The van der Waals surface area contributed by atoms with Gasteiger partial charge in [-0.25, -0.2) is 92.6 Å². The molecule has 4 aromatic carbocycles. The van der Waals surface area contributed by atoms with E-state index in [1.807, 2.05) is 0 Å². The lowest BCUT2D eigenvalue weighted by atomic mass is 9.79. The molecule has 0 bridgehead atoms. The fourth-order valence-electron chi connectivity index (χ4n) is 4.66. The second-order valence-corrected chi connectivity index (χ2v) is 9.51. The number of carboxylic acids is 1. The molecule has 4 aromatic rings. The molecule has 0 aliphatic heterocycles. The van der Waals surface area contributed by atoms with Crippen LogP contribution in [-0.4, -0.2) is 11.1 Å². The molecule has 268 valence electrons. The molecule has 0 aliphatic carbocycles. The predicted molar refractivity (Wildman–Crippen MR) is 120 cm³/mol. The summed E-state index contributed by atoms with van der Waals surface area (Å²) in [6, 6.07) is 0. The van der Waals surface area contributed by atoms with Crippen molar-refractivity contribution in [3.63, 3.8) is 0 Å². The van der Waals surface area contributed by atoms with Crippen LogP contribution in [0.2, 0.25) is 0 Å². The minimum absolute atomic E-state index is 2.07. The van der Waals surface area contributed by atoms with Crippen LogP contribution in [0.1, 0.15) is 11.1 Å². The van der Waals surface area contributed by atoms with Gasteiger partial charge in [-0.2, -0.15) is 0 Å². The first-order valence-corrected chi connectivity index (χ1v) is 12.1. The van der Waals surface area contributed by atoms with Crippen molar-refractivity contribution in [3.8, 4) is 0 Å². The standard InChI is InChI=1S/C27H3F20NO2/c28-4-2(5(29)9(33)12(36)8(4)32)1-27(26(49)50,3-6(30)10(34)13(37)11(35)7(3)31)48(24-20(44)16(40)14(38)17(41)21(24)45)25-22(46)18(42)15(39)19(43)23(25)47/h1H2,(H,49,50)/t27-/m1/s1. The van der Waals surface area contributed by atoms with Gasteiger partial charge in [0.15, 0.2) is 98.6 Å². The average molecular weight is 753 g/mol. The van der Waals surface area contributed by atoms with Crippen molar-refractivity contribution in [2.45, 2.75) is 12.0 Å². The number of halogens is 20. The SMILES string of the molecule is O=C(O)[C@@](Cc1c(F)c(F)c(F)c(F)c1F)(c1c(F)c(F)c(F)c(F)c1F)N(c1c(F)c(F)c(F)c(F)c1F)c1c(F)c(F)c(F)c(F)c1F. The number of nitrogens with zero attached hydrogens (tertiary/aromatic N) is 1. The zero-order valence-electron chi connectivity index (χ0n) is 22.6. The molecule has 1 atom stereocenters. The fourth-order valence-corrected chi connectivity index (χ4v) is 4.66. The van der Waals surface area contributed by atoms with E-state index < -0.39 is 162 Å². The van der Waals surface area contributed by atoms with Gasteiger partial charge >= 0.3 is 5.97 Å². The first-order chi connectivity index (χ1) is 23.0. The van der Waals surface area contributed by atoms with Gasteiger partial charge in [0.25, 0.3) is 0 Å². The lowest BCUT2D eigenvalue weighted by Crippen LogP contribution is -2.55. The second-order valence-electron chi connectivity index (χ2n) is 9.51. The number of hydrogen-bond donors (Lipinski definition) is 1. The zero-order chi connectivity index (χ0) is 38.2. The van der Waals surface area contributed by atoms with E-state index in [9.17, 15) is 71.4 Å². The molecule has 23 heteroatoms. The van der Waals surface area contributed by atoms with Crippen molar-refractivity contribution in [2.24, 2.45) is 0 Å². The lowest BCUT2D eigenvalue weighted by Gasteiger charge is -2.43. The van der Waals surface area contributed by atoms with E-state index in [4.69, 9.17) is 0 Å². The number of rotatable bonds is 7. The third-order valence-electron chi connectivity index (χ3n) is 6.91. The largest absolute Gasteiger partial charge is 0.479 e. The number of carboxylic acid groups (broad SMARTS) is 1. The van der Waals surface area contributed by atoms with Crippen LogP contribution >= 0.6 is 0 Å². The van der Waals surface area contributed by atoms with Crippen LogP contribution in [0.3, 0.4) is 0 Å². The summed E-state index contributed by atoms with van der Waals surface area (Å²) in [6.07, 6.45) is -3.36. The summed E-state index contributed by atoms with van der Waals surface area (Å²) >= 11 is 0. The maximum Gasteiger partial charge on any atom is 0.335 e. The topological polar surface area (TPSA) is 40.5 Å². The Morgan fingerprint density at radius 2 is 0.600 bits per heavy atom. The number of carbonyl (C=O) groups is 1. The smallest absolute Gasteiger partial charge is 0.335 e. The van der Waals surface area contributed by atoms with Crippen molar-refractivity contribution >= 4 is 17.3 Å². The summed E-state index contributed by atoms with van der Waals surface area (Å²) in [5.41, 5.74) is -18.9. The van der Waals surface area contributed by atoms with E-state index in [2.05, 4.69) is 0 Å². The van der Waals surface area contributed by atoms with Gasteiger partial charge in [-0.3, -0.25) is 0 Å². The minimum atomic E-state index is -5.70. The third-order valence-corrected chi connectivity index (χ3v) is 6.91. The first-order valence-electron chi connectivity index (χ1n) is 12.1. The molecule has 0 spiro atoms. The van der Waals surface area contributed by atoms with Crippen LogP contribution in [0, 0.1) is 116 Å². The normalized spacial score (nSPS) is 12.8. The minimum Gasteiger partial charge on any atom is -0.479 e. The summed E-state index contributed by atoms with van der Waals surface area (Å²) in [4.78, 5) is 10.9. The highest BCUT2D eigenvalue weighted by atomic mass is 19.2. The van der Waals surface area contributed by atoms with Gasteiger partial charge in [-0.15, -0.1) is 0 Å². The summed E-state index contributed by atoms with van der Waals surface area (Å²) in [6.45, 7) is 0. The quantitative estimate of drug-likeness (QED) is 0.117. The van der Waals surface area contributed by atoms with Crippen LogP contribution in [0.4, 0.5) is 99.2 Å². The van der Waals surface area contributed by atoms with E-state index in [0.717, 1.165) is 0 Å². The van der Waals surface area contributed by atoms with E-state index in [1.165, 1.54) is 0 Å². The third kappa shape index (κ3) is 5.03. The molecule has 50 heavy (non-hydrogen) atoms. The van der Waals surface area contributed by atoms with Crippen LogP contribution in [0.25, 0.3) is 0 Å². The van der Waals surface area contributed by atoms with E-state index in [0.29, 0.717) is 0 Å². The van der Waals surface area contributed by atoms with Crippen molar-refractivity contribution in [3.05, 3.63) is 127 Å². The molecule has 0 unspecified atom stereocenters. The van der Waals surface area contributed by atoms with Gasteiger partial charge < -0.3 is 10.0 Å². The highest BCUT2D eigenvalue weighted by Gasteiger charge is 2.57. The zero-order valence-corrected chi connectivity index (χ0v) is 22.6. The van der Waals surface area contributed by atoms with E-state index in [-0.39, 0.29) is 0 Å². The molecule has 0 radical (unpaired) electrons. The highest BCUT2D eigenvalue weighted by Crippen LogP contribution is 2.50. The summed E-state index contributed by atoms with van der Waals surface area (Å²) in [7, 11) is 0. The lowest BCUT2D eigenvalue weighted by molar-refractivity contribution is -0.144. The van der Waals surface area contributed by atoms with Crippen LogP contribution in [0.15, 0.2) is 0 Å². The maximum atomic E-state index is 15.4. The highest BCUT2D eigenvalue weighted by molar-refractivity contribution is 5.90. The number of aliphatic carboxylic acids is 1. The van der Waals surface area contributed by atoms with Gasteiger partial charge in [0.05, 0.1) is 5.56 Å². The molecule has 4 rings (SSSR count). The fraction of sp³-hybridized carbons (Fsp3) is 0.0741. The Hall–Kier alpha value is -5.25. The average Bonchev–Trinajstić information content (AvgIpc) is 3.08. The van der Waals surface area contributed by atoms with E-state index >= 15 is 26.3 Å². The number of anilines is 2. The Kier molecular flexibility index (Phi) is 9.45. The summed E-state index contributed by atoms with van der Waals surface area (Å²) < 4.78 is 293.